The second kappa shape index (κ2) is 9.26. The number of ether oxygens (including phenoxy) is 4. The topological polar surface area (TPSA) is 71.1 Å². The molecule has 0 atom stereocenters. The van der Waals surface area contributed by atoms with Gasteiger partial charge in [0.05, 0.1) is 26.4 Å². The van der Waals surface area contributed by atoms with Crippen LogP contribution in [0.2, 0.25) is 0 Å². The van der Waals surface area contributed by atoms with Gasteiger partial charge in [0, 0.05) is 11.1 Å². The van der Waals surface area contributed by atoms with Crippen molar-refractivity contribution in [3.8, 4) is 23.0 Å². The van der Waals surface area contributed by atoms with Crippen LogP contribution >= 0.6 is 0 Å². The number of methoxy groups -OCH3 is 2. The highest BCUT2D eigenvalue weighted by atomic mass is 16.5. The Morgan fingerprint density at radius 2 is 1.07 bits per heavy atom. The average molecular weight is 384 g/mol. The van der Waals surface area contributed by atoms with E-state index in [4.69, 9.17) is 18.9 Å². The van der Waals surface area contributed by atoms with Gasteiger partial charge in [0.2, 0.25) is 0 Å². The fourth-order valence-electron chi connectivity index (χ4n) is 3.34. The first kappa shape index (κ1) is 19.7. The normalized spacial score (nSPS) is 18.8. The largest absolute Gasteiger partial charge is 0.493 e. The first-order chi connectivity index (χ1) is 13.7. The first-order valence-electron chi connectivity index (χ1n) is 9.26. The Morgan fingerprint density at radius 1 is 0.679 bits per heavy atom. The second-order valence-electron chi connectivity index (χ2n) is 6.69. The molecule has 1 saturated carbocycles. The summed E-state index contributed by atoms with van der Waals surface area (Å²) in [7, 11) is 3.12. The smallest absolute Gasteiger partial charge is 0.161 e. The standard InChI is InChI=1S/C22H24O6/c1-25-21-11-15(13-23)3-9-19(21)27-17-5-7-18(8-6-17)28-20-10-4-16(14-24)12-22(20)26-2/h3-4,9-14,17-18H,5-8H2,1-2H3. The molecule has 0 amide bonds. The van der Waals surface area contributed by atoms with E-state index < -0.39 is 0 Å². The summed E-state index contributed by atoms with van der Waals surface area (Å²) in [6.07, 6.45) is 5.08. The number of rotatable bonds is 8. The molecule has 0 heterocycles. The Bertz CT molecular complexity index is 754. The monoisotopic (exact) mass is 384 g/mol. The van der Waals surface area contributed by atoms with Gasteiger partial charge in [0.25, 0.3) is 0 Å². The van der Waals surface area contributed by atoms with E-state index in [0.29, 0.717) is 34.1 Å². The lowest BCUT2D eigenvalue weighted by Crippen LogP contribution is -2.30. The molecule has 0 unspecified atom stereocenters. The molecule has 0 aromatic heterocycles. The molecule has 28 heavy (non-hydrogen) atoms. The summed E-state index contributed by atoms with van der Waals surface area (Å²) in [4.78, 5) is 21.8. The Kier molecular flexibility index (Phi) is 6.53. The van der Waals surface area contributed by atoms with E-state index >= 15 is 0 Å². The van der Waals surface area contributed by atoms with Crippen LogP contribution in [0.3, 0.4) is 0 Å². The zero-order valence-corrected chi connectivity index (χ0v) is 16.1. The third-order valence-corrected chi connectivity index (χ3v) is 4.86. The molecule has 1 aliphatic rings. The SMILES string of the molecule is COc1cc(C=O)ccc1OC1CCC(Oc2ccc(C=O)cc2OC)CC1. The van der Waals surface area contributed by atoms with Gasteiger partial charge in [-0.3, -0.25) is 9.59 Å². The van der Waals surface area contributed by atoms with E-state index in [-0.39, 0.29) is 12.2 Å². The molecule has 2 aromatic carbocycles. The van der Waals surface area contributed by atoms with E-state index in [9.17, 15) is 9.59 Å². The lowest BCUT2D eigenvalue weighted by atomic mass is 9.94. The van der Waals surface area contributed by atoms with Crippen LogP contribution in [0.5, 0.6) is 23.0 Å². The van der Waals surface area contributed by atoms with E-state index in [1.54, 1.807) is 50.6 Å². The quantitative estimate of drug-likeness (QED) is 0.638. The molecule has 0 aliphatic heterocycles. The van der Waals surface area contributed by atoms with Crippen molar-refractivity contribution < 1.29 is 28.5 Å². The van der Waals surface area contributed by atoms with Crippen molar-refractivity contribution in [2.75, 3.05) is 14.2 Å². The molecule has 1 fully saturated rings. The highest BCUT2D eigenvalue weighted by Crippen LogP contribution is 2.34. The van der Waals surface area contributed by atoms with Crippen molar-refractivity contribution in [2.45, 2.75) is 37.9 Å². The van der Waals surface area contributed by atoms with Gasteiger partial charge in [-0.1, -0.05) is 0 Å². The lowest BCUT2D eigenvalue weighted by Gasteiger charge is -2.30. The molecule has 2 aromatic rings. The average Bonchev–Trinajstić information content (AvgIpc) is 2.75. The van der Waals surface area contributed by atoms with Crippen molar-refractivity contribution in [3.05, 3.63) is 47.5 Å². The van der Waals surface area contributed by atoms with Crippen molar-refractivity contribution in [1.82, 2.24) is 0 Å². The Morgan fingerprint density at radius 3 is 1.39 bits per heavy atom. The van der Waals surface area contributed by atoms with Crippen LogP contribution in [0, 0.1) is 0 Å². The number of carbonyl (C=O) groups is 2. The zero-order chi connectivity index (χ0) is 19.9. The number of hydrogen-bond donors (Lipinski definition) is 0. The Balaban J connectivity index is 1.58. The molecule has 1 aliphatic carbocycles. The lowest BCUT2D eigenvalue weighted by molar-refractivity contribution is 0.0772. The van der Waals surface area contributed by atoms with Crippen LogP contribution in [-0.4, -0.2) is 39.0 Å². The van der Waals surface area contributed by atoms with E-state index in [1.807, 2.05) is 0 Å². The molecule has 3 rings (SSSR count). The van der Waals surface area contributed by atoms with Crippen molar-refractivity contribution >= 4 is 12.6 Å². The maximum absolute atomic E-state index is 10.9. The molecule has 0 N–H and O–H groups in total. The minimum atomic E-state index is 0.0650. The zero-order valence-electron chi connectivity index (χ0n) is 16.1. The molecule has 6 nitrogen and oxygen atoms in total. The third-order valence-electron chi connectivity index (χ3n) is 4.86. The van der Waals surface area contributed by atoms with Gasteiger partial charge in [0.15, 0.2) is 23.0 Å². The van der Waals surface area contributed by atoms with Crippen LogP contribution in [-0.2, 0) is 0 Å². The molecular formula is C22H24O6. The fraction of sp³-hybridized carbons (Fsp3) is 0.364. The van der Waals surface area contributed by atoms with Gasteiger partial charge in [0.1, 0.15) is 12.6 Å². The van der Waals surface area contributed by atoms with Gasteiger partial charge in [-0.2, -0.15) is 0 Å². The fourth-order valence-corrected chi connectivity index (χ4v) is 3.34. The van der Waals surface area contributed by atoms with Crippen LogP contribution < -0.4 is 18.9 Å². The summed E-state index contributed by atoms with van der Waals surface area (Å²) in [5.41, 5.74) is 1.10. The molecule has 148 valence electrons. The maximum Gasteiger partial charge on any atom is 0.161 e. The number of hydrogen-bond acceptors (Lipinski definition) is 6. The summed E-state index contributed by atoms with van der Waals surface area (Å²) >= 11 is 0. The highest BCUT2D eigenvalue weighted by molar-refractivity contribution is 5.77. The van der Waals surface area contributed by atoms with Gasteiger partial charge >= 0.3 is 0 Å². The second-order valence-corrected chi connectivity index (χ2v) is 6.69. The number of carbonyl (C=O) groups excluding carboxylic acids is 2. The van der Waals surface area contributed by atoms with Gasteiger partial charge in [-0.25, -0.2) is 0 Å². The highest BCUT2D eigenvalue weighted by Gasteiger charge is 2.25. The summed E-state index contributed by atoms with van der Waals surface area (Å²) in [6, 6.07) is 10.3. The van der Waals surface area contributed by atoms with Gasteiger partial charge in [-0.15, -0.1) is 0 Å². The Labute approximate surface area is 164 Å². The van der Waals surface area contributed by atoms with E-state index in [1.165, 1.54) is 0 Å². The van der Waals surface area contributed by atoms with E-state index in [0.717, 1.165) is 38.3 Å². The summed E-state index contributed by atoms with van der Waals surface area (Å²) < 4.78 is 22.8. The van der Waals surface area contributed by atoms with Crippen molar-refractivity contribution in [3.63, 3.8) is 0 Å². The predicted octanol–water partition coefficient (Wildman–Crippen LogP) is 4.10. The van der Waals surface area contributed by atoms with Crippen molar-refractivity contribution in [2.24, 2.45) is 0 Å². The molecule has 0 saturated heterocycles. The molecule has 0 bridgehead atoms. The van der Waals surface area contributed by atoms with E-state index in [2.05, 4.69) is 0 Å². The van der Waals surface area contributed by atoms with Gasteiger partial charge < -0.3 is 18.9 Å². The Hall–Kier alpha value is -3.02. The summed E-state index contributed by atoms with van der Waals surface area (Å²) in [6.45, 7) is 0. The molecule has 6 heteroatoms. The maximum atomic E-state index is 10.9. The van der Waals surface area contributed by atoms with Crippen LogP contribution in [0.25, 0.3) is 0 Å². The van der Waals surface area contributed by atoms with Crippen LogP contribution in [0.15, 0.2) is 36.4 Å². The molecular weight excluding hydrogens is 360 g/mol. The third kappa shape index (κ3) is 4.63. The van der Waals surface area contributed by atoms with Crippen LogP contribution in [0.4, 0.5) is 0 Å². The summed E-state index contributed by atoms with van der Waals surface area (Å²) in [5, 5.41) is 0. The minimum Gasteiger partial charge on any atom is -0.493 e. The molecule has 0 spiro atoms. The number of aldehydes is 2. The molecule has 0 radical (unpaired) electrons. The van der Waals surface area contributed by atoms with Gasteiger partial charge in [-0.05, 0) is 62.1 Å². The predicted molar refractivity (Wildman–Crippen MR) is 104 cm³/mol. The van der Waals surface area contributed by atoms with Crippen molar-refractivity contribution in [1.29, 1.82) is 0 Å². The van der Waals surface area contributed by atoms with Crippen LogP contribution in [0.1, 0.15) is 46.4 Å². The number of benzene rings is 2. The summed E-state index contributed by atoms with van der Waals surface area (Å²) in [5.74, 6) is 2.40. The minimum absolute atomic E-state index is 0.0650. The first-order valence-corrected chi connectivity index (χ1v) is 9.26.